The van der Waals surface area contributed by atoms with Gasteiger partial charge in [0.25, 0.3) is 0 Å². The van der Waals surface area contributed by atoms with E-state index >= 15 is 0 Å². The second kappa shape index (κ2) is 32.5. The van der Waals surface area contributed by atoms with Crippen LogP contribution in [0, 0.1) is 3.57 Å². The number of rotatable bonds is 31. The second-order valence-corrected chi connectivity index (χ2v) is 18.4. The summed E-state index contributed by atoms with van der Waals surface area (Å²) >= 11 is 2.17. The van der Waals surface area contributed by atoms with Crippen LogP contribution >= 0.6 is 22.6 Å². The van der Waals surface area contributed by atoms with Crippen molar-refractivity contribution < 1.29 is 78.6 Å². The molecule has 0 saturated carbocycles. The van der Waals surface area contributed by atoms with Gasteiger partial charge in [-0.05, 0) is 92.2 Å². The Morgan fingerprint density at radius 1 is 0.565 bits per heavy atom. The minimum Gasteiger partial charge on any atom is -0.480 e. The van der Waals surface area contributed by atoms with Gasteiger partial charge in [0, 0.05) is 94.7 Å². The second-order valence-electron chi connectivity index (χ2n) is 17.1. The molecule has 8 N–H and O–H groups in total. The Bertz CT molecular complexity index is 1860. The third-order valence-electron chi connectivity index (χ3n) is 11.5. The molecule has 1 aliphatic heterocycles. The number of unbranched alkanes of at least 4 members (excludes halogenated alkanes) is 3. The Balaban J connectivity index is 1.99. The molecule has 0 aromatic heterocycles. The molecule has 1 unspecified atom stereocenters. The van der Waals surface area contributed by atoms with Gasteiger partial charge in [-0.1, -0.05) is 18.6 Å². The van der Waals surface area contributed by atoms with Crippen LogP contribution in [0.15, 0.2) is 24.3 Å². The summed E-state index contributed by atoms with van der Waals surface area (Å²) in [5, 5.41) is 62.3. The first-order valence-corrected chi connectivity index (χ1v) is 24.1. The molecular weight excluding hydrogens is 1020 g/mol. The molecule has 1 heterocycles. The minimum absolute atomic E-state index is 0.00783. The number of Topliss-reactive ketones (excluding diaryl/α,β-unsaturated/α-hetero) is 2. The molecule has 1 aromatic carbocycles. The molecule has 24 heteroatoms. The molecule has 0 aliphatic carbocycles. The van der Waals surface area contributed by atoms with Crippen molar-refractivity contribution in [2.45, 2.75) is 109 Å². The first-order chi connectivity index (χ1) is 32.6. The normalized spacial score (nSPS) is 15.9. The fourth-order valence-corrected chi connectivity index (χ4v) is 8.06. The van der Waals surface area contributed by atoms with Crippen LogP contribution in [0.2, 0.25) is 0 Å². The molecule has 0 radical (unpaired) electrons. The molecule has 1 aliphatic rings. The summed E-state index contributed by atoms with van der Waals surface area (Å²) in [6.45, 7) is 1.91. The highest BCUT2D eigenvalue weighted by molar-refractivity contribution is 14.1. The average molecular weight is 1090 g/mol. The van der Waals surface area contributed by atoms with Crippen LogP contribution in [0.3, 0.4) is 0 Å². The molecule has 3 amide bonds. The third-order valence-corrected chi connectivity index (χ3v) is 12.2. The van der Waals surface area contributed by atoms with Crippen LogP contribution in [0.5, 0.6) is 0 Å². The lowest BCUT2D eigenvalue weighted by molar-refractivity contribution is -0.145. The predicted molar refractivity (Wildman–Crippen MR) is 255 cm³/mol. The maximum atomic E-state index is 13.5. The van der Waals surface area contributed by atoms with E-state index < -0.39 is 60.0 Å². The number of carbonyl (C=O) groups is 10. The lowest BCUT2D eigenvalue weighted by Crippen LogP contribution is -2.51. The van der Waals surface area contributed by atoms with Gasteiger partial charge < -0.3 is 51.0 Å². The van der Waals surface area contributed by atoms with Crippen molar-refractivity contribution >= 4 is 81.9 Å². The number of urea groups is 1. The van der Waals surface area contributed by atoms with E-state index in [0.29, 0.717) is 32.1 Å². The molecule has 386 valence electrons. The van der Waals surface area contributed by atoms with E-state index in [0.717, 1.165) is 9.13 Å². The highest BCUT2D eigenvalue weighted by atomic mass is 127. The summed E-state index contributed by atoms with van der Waals surface area (Å²) in [6.07, 6.45) is 2.05. The van der Waals surface area contributed by atoms with Crippen molar-refractivity contribution in [2.75, 3.05) is 78.5 Å². The van der Waals surface area contributed by atoms with Gasteiger partial charge in [0.1, 0.15) is 29.7 Å². The molecule has 1 fully saturated rings. The number of amides is 3. The topological polar surface area (TPSA) is 332 Å². The number of nitrogens with zero attached hydrogens (tertiary/aromatic N) is 5. The number of carboxylic acid groups (broad SMARTS) is 6. The van der Waals surface area contributed by atoms with Gasteiger partial charge in [-0.2, -0.15) is 0 Å². The van der Waals surface area contributed by atoms with Crippen molar-refractivity contribution in [1.82, 2.24) is 35.1 Å². The summed E-state index contributed by atoms with van der Waals surface area (Å²) in [6, 6.07) is 2.73. The van der Waals surface area contributed by atoms with Crippen molar-refractivity contribution in [3.63, 3.8) is 0 Å². The Labute approximate surface area is 414 Å². The molecular formula is C45H68IN7O16. The zero-order valence-electron chi connectivity index (χ0n) is 39.1. The zero-order valence-corrected chi connectivity index (χ0v) is 41.3. The van der Waals surface area contributed by atoms with Gasteiger partial charge in [0.15, 0.2) is 0 Å². The van der Waals surface area contributed by atoms with E-state index in [9.17, 15) is 78.6 Å². The van der Waals surface area contributed by atoms with Crippen LogP contribution in [0.4, 0.5) is 4.79 Å². The molecule has 1 aromatic rings. The quantitative estimate of drug-likeness (QED) is 0.0387. The zero-order chi connectivity index (χ0) is 51.5. The highest BCUT2D eigenvalue weighted by Crippen LogP contribution is 2.16. The number of hydrogen-bond acceptors (Lipinski definition) is 14. The molecule has 23 nitrogen and oxygen atoms in total. The summed E-state index contributed by atoms with van der Waals surface area (Å²) in [4.78, 5) is 129. The molecule has 0 spiro atoms. The van der Waals surface area contributed by atoms with Crippen molar-refractivity contribution in [3.8, 4) is 0 Å². The van der Waals surface area contributed by atoms with Gasteiger partial charge in [0.05, 0.1) is 19.6 Å². The maximum absolute atomic E-state index is 13.5. The third kappa shape index (κ3) is 26.3. The van der Waals surface area contributed by atoms with Crippen molar-refractivity contribution in [2.24, 2.45) is 0 Å². The lowest BCUT2D eigenvalue weighted by atomic mass is 10.0. The number of carbonyl (C=O) groups excluding carboxylic acids is 4. The molecule has 69 heavy (non-hydrogen) atoms. The number of aliphatic carboxylic acids is 6. The minimum atomic E-state index is -1.39. The summed E-state index contributed by atoms with van der Waals surface area (Å²) in [5.41, 5.74) is 0.876. The average Bonchev–Trinajstić information content (AvgIpc) is 3.25. The number of nitrogens with one attached hydrogen (secondary N) is 2. The largest absolute Gasteiger partial charge is 0.480 e. The van der Waals surface area contributed by atoms with E-state index in [1.54, 1.807) is 24.5 Å². The van der Waals surface area contributed by atoms with Crippen molar-refractivity contribution in [3.05, 3.63) is 33.4 Å². The number of hydrogen-bond donors (Lipinski definition) is 8. The van der Waals surface area contributed by atoms with E-state index in [1.807, 2.05) is 24.3 Å². The highest BCUT2D eigenvalue weighted by Gasteiger charge is 2.29. The Kier molecular flexibility index (Phi) is 28.2. The number of ketones is 2. The smallest absolute Gasteiger partial charge is 0.326 e. The van der Waals surface area contributed by atoms with Crippen LogP contribution in [0.1, 0.15) is 89.5 Å². The van der Waals surface area contributed by atoms with E-state index in [2.05, 4.69) is 33.2 Å². The van der Waals surface area contributed by atoms with Crippen LogP contribution in [-0.4, -0.2) is 211 Å². The fourth-order valence-electron chi connectivity index (χ4n) is 7.70. The molecule has 3 atom stereocenters. The van der Waals surface area contributed by atoms with Crippen LogP contribution in [0.25, 0.3) is 0 Å². The molecule has 2 rings (SSSR count). The Hall–Kier alpha value is -5.31. The predicted octanol–water partition coefficient (Wildman–Crippen LogP) is 1.59. The van der Waals surface area contributed by atoms with Gasteiger partial charge in [-0.3, -0.25) is 48.4 Å². The standard InChI is InChI=1S/C45H68IN7O16/c1-31(54)10-16-36(43(65)66)48-45(69)47-35(42(63)64)8-5-6-18-53(27-32-11-13-33(46)14-12-32)38(56)9-4-2-3-7-34(55)15-17-37(44(67)68)52-25-23-50(29-40(59)60)21-19-49(28-39(57)58)20-22-51(24-26-52)30-41(61)62/h11-14,35-37H,2-10,15-30H2,1H3,(H,57,58)(H,59,60)(H,61,62)(H,63,64)(H,65,66)(H,67,68)(H2,47,48,69)/t35-,36-,37?/m0/s1. The molecule has 0 bridgehead atoms. The molecule has 1 saturated heterocycles. The number of benzene rings is 1. The maximum Gasteiger partial charge on any atom is 0.326 e. The van der Waals surface area contributed by atoms with Gasteiger partial charge in [0.2, 0.25) is 5.91 Å². The summed E-state index contributed by atoms with van der Waals surface area (Å²) < 4.78 is 1.00. The van der Waals surface area contributed by atoms with E-state index in [1.165, 1.54) is 6.92 Å². The number of carboxylic acids is 6. The lowest BCUT2D eigenvalue weighted by Gasteiger charge is -2.35. The first kappa shape index (κ1) is 59.8. The number of halogens is 1. The Morgan fingerprint density at radius 3 is 1.51 bits per heavy atom. The van der Waals surface area contributed by atoms with Gasteiger partial charge in [-0.25, -0.2) is 14.4 Å². The fraction of sp³-hybridized carbons (Fsp3) is 0.644. The van der Waals surface area contributed by atoms with E-state index in [4.69, 9.17) is 0 Å². The van der Waals surface area contributed by atoms with Gasteiger partial charge in [-0.15, -0.1) is 0 Å². The van der Waals surface area contributed by atoms with Crippen LogP contribution < -0.4 is 10.6 Å². The SMILES string of the molecule is CC(=O)CC[C@H](NC(=O)N[C@@H](CCCCN(Cc1ccc(I)cc1)C(=O)CCCCCC(=O)CCC(C(=O)O)N1CCN(CC(=O)O)CCN(CC(=O)O)CCN(CC(=O)O)CC1)C(=O)O)C(=O)O. The summed E-state index contributed by atoms with van der Waals surface area (Å²) in [5.74, 6) is -7.82. The Morgan fingerprint density at radius 2 is 1.04 bits per heavy atom. The van der Waals surface area contributed by atoms with Crippen molar-refractivity contribution in [1.29, 1.82) is 0 Å². The monoisotopic (exact) mass is 1090 g/mol. The summed E-state index contributed by atoms with van der Waals surface area (Å²) in [7, 11) is 0. The first-order valence-electron chi connectivity index (χ1n) is 23.0. The van der Waals surface area contributed by atoms with Gasteiger partial charge >= 0.3 is 41.8 Å². The van der Waals surface area contributed by atoms with Crippen LogP contribution in [-0.2, 0) is 49.7 Å². The van der Waals surface area contributed by atoms with E-state index in [-0.39, 0.29) is 148 Å².